The number of morpholine rings is 1. The van der Waals surface area contributed by atoms with Gasteiger partial charge in [0.15, 0.2) is 0 Å². The van der Waals surface area contributed by atoms with E-state index in [0.29, 0.717) is 5.92 Å². The third-order valence-electron chi connectivity index (χ3n) is 4.48. The van der Waals surface area contributed by atoms with Crippen LogP contribution in [0.4, 0.5) is 0 Å². The van der Waals surface area contributed by atoms with Crippen LogP contribution in [0, 0.1) is 5.92 Å². The summed E-state index contributed by atoms with van der Waals surface area (Å²) in [6.45, 7) is 6.59. The Morgan fingerprint density at radius 3 is 3.00 bits per heavy atom. The maximum absolute atomic E-state index is 12.3. The van der Waals surface area contributed by atoms with Gasteiger partial charge in [-0.15, -0.1) is 0 Å². The Morgan fingerprint density at radius 1 is 1.36 bits per heavy atom. The van der Waals surface area contributed by atoms with Crippen LogP contribution in [-0.2, 0) is 9.53 Å². The van der Waals surface area contributed by atoms with Gasteiger partial charge in [0.1, 0.15) is 0 Å². The summed E-state index contributed by atoms with van der Waals surface area (Å²) in [5.74, 6) is 0.718. The SMILES string of the molecule is O=C(/C=C/c1ccc[nH]1)N1CCCC(CN2CCOCC2)C1. The van der Waals surface area contributed by atoms with E-state index in [2.05, 4.69) is 9.88 Å². The van der Waals surface area contributed by atoms with Gasteiger partial charge in [-0.1, -0.05) is 0 Å². The van der Waals surface area contributed by atoms with Gasteiger partial charge >= 0.3 is 0 Å². The zero-order chi connectivity index (χ0) is 15.2. The molecule has 0 saturated carbocycles. The van der Waals surface area contributed by atoms with Crippen molar-refractivity contribution in [2.45, 2.75) is 12.8 Å². The number of ether oxygens (including phenoxy) is 1. The lowest BCUT2D eigenvalue weighted by atomic mass is 9.97. The van der Waals surface area contributed by atoms with E-state index in [0.717, 1.165) is 58.1 Å². The molecule has 5 heteroatoms. The van der Waals surface area contributed by atoms with Gasteiger partial charge in [-0.05, 0) is 37.0 Å². The van der Waals surface area contributed by atoms with Crippen molar-refractivity contribution in [3.8, 4) is 0 Å². The molecule has 120 valence electrons. The van der Waals surface area contributed by atoms with E-state index in [1.54, 1.807) is 6.08 Å². The number of hydrogen-bond acceptors (Lipinski definition) is 3. The summed E-state index contributed by atoms with van der Waals surface area (Å²) >= 11 is 0. The highest BCUT2D eigenvalue weighted by Crippen LogP contribution is 2.18. The van der Waals surface area contributed by atoms with E-state index in [1.165, 1.54) is 6.42 Å². The second kappa shape index (κ2) is 7.61. The highest BCUT2D eigenvalue weighted by atomic mass is 16.5. The van der Waals surface area contributed by atoms with Gasteiger partial charge in [-0.25, -0.2) is 0 Å². The monoisotopic (exact) mass is 303 g/mol. The second-order valence-electron chi connectivity index (χ2n) is 6.16. The number of carbonyl (C=O) groups is 1. The number of amides is 1. The Kier molecular flexibility index (Phi) is 5.29. The molecule has 0 radical (unpaired) electrons. The molecule has 0 bridgehead atoms. The molecule has 22 heavy (non-hydrogen) atoms. The van der Waals surface area contributed by atoms with E-state index >= 15 is 0 Å². The van der Waals surface area contributed by atoms with Gasteiger partial charge in [0, 0.05) is 50.7 Å². The van der Waals surface area contributed by atoms with Crippen molar-refractivity contribution in [3.05, 3.63) is 30.1 Å². The predicted octanol–water partition coefficient (Wildman–Crippen LogP) is 1.60. The number of aromatic nitrogens is 1. The molecule has 2 fully saturated rings. The molecule has 3 rings (SSSR count). The first-order chi connectivity index (χ1) is 10.8. The largest absolute Gasteiger partial charge is 0.379 e. The second-order valence-corrected chi connectivity index (χ2v) is 6.16. The van der Waals surface area contributed by atoms with Gasteiger partial charge in [-0.2, -0.15) is 0 Å². The first-order valence-corrected chi connectivity index (χ1v) is 8.22. The normalized spacial score (nSPS) is 24.0. The molecule has 1 aromatic rings. The molecule has 1 amide bonds. The molecule has 2 aliphatic rings. The van der Waals surface area contributed by atoms with Crippen LogP contribution < -0.4 is 0 Å². The number of carbonyl (C=O) groups excluding carboxylic acids is 1. The fourth-order valence-corrected chi connectivity index (χ4v) is 3.28. The molecule has 5 nitrogen and oxygen atoms in total. The third kappa shape index (κ3) is 4.21. The van der Waals surface area contributed by atoms with Gasteiger partial charge < -0.3 is 14.6 Å². The predicted molar refractivity (Wildman–Crippen MR) is 86.4 cm³/mol. The maximum Gasteiger partial charge on any atom is 0.246 e. The van der Waals surface area contributed by atoms with Crippen LogP contribution in [-0.4, -0.2) is 66.6 Å². The Balaban J connectivity index is 1.50. The number of likely N-dealkylation sites (tertiary alicyclic amines) is 1. The Morgan fingerprint density at radius 2 is 2.23 bits per heavy atom. The number of nitrogens with zero attached hydrogens (tertiary/aromatic N) is 2. The van der Waals surface area contributed by atoms with Crippen molar-refractivity contribution in [2.75, 3.05) is 45.9 Å². The van der Waals surface area contributed by atoms with Gasteiger partial charge in [0.2, 0.25) is 5.91 Å². The van der Waals surface area contributed by atoms with Crippen LogP contribution in [0.15, 0.2) is 24.4 Å². The molecule has 0 aromatic carbocycles. The zero-order valence-electron chi connectivity index (χ0n) is 13.0. The zero-order valence-corrected chi connectivity index (χ0v) is 13.0. The number of rotatable bonds is 4. The molecule has 1 N–H and O–H groups in total. The maximum atomic E-state index is 12.3. The average molecular weight is 303 g/mol. The molecule has 0 aliphatic carbocycles. The number of hydrogen-bond donors (Lipinski definition) is 1. The highest BCUT2D eigenvalue weighted by Gasteiger charge is 2.24. The fourth-order valence-electron chi connectivity index (χ4n) is 3.28. The Labute approximate surface area is 131 Å². The topological polar surface area (TPSA) is 48.6 Å². The quantitative estimate of drug-likeness (QED) is 0.860. The summed E-state index contributed by atoms with van der Waals surface area (Å²) in [5.41, 5.74) is 0.968. The minimum atomic E-state index is 0.126. The van der Waals surface area contributed by atoms with Gasteiger partial charge in [0.05, 0.1) is 13.2 Å². The standard InChI is InChI=1S/C17H25N3O2/c21-17(6-5-16-4-1-7-18-16)20-8-2-3-15(14-20)13-19-9-11-22-12-10-19/h1,4-7,15,18H,2-3,8-14H2/b6-5+. The highest BCUT2D eigenvalue weighted by molar-refractivity contribution is 5.91. The molecule has 3 heterocycles. The first-order valence-electron chi connectivity index (χ1n) is 8.22. The summed E-state index contributed by atoms with van der Waals surface area (Å²) < 4.78 is 5.40. The Hall–Kier alpha value is -1.59. The van der Waals surface area contributed by atoms with Crippen molar-refractivity contribution in [1.82, 2.24) is 14.8 Å². The summed E-state index contributed by atoms with van der Waals surface area (Å²) in [4.78, 5) is 19.9. The van der Waals surface area contributed by atoms with E-state index < -0.39 is 0 Å². The minimum absolute atomic E-state index is 0.126. The third-order valence-corrected chi connectivity index (χ3v) is 4.48. The summed E-state index contributed by atoms with van der Waals surface area (Å²) in [6, 6.07) is 3.89. The lowest BCUT2D eigenvalue weighted by molar-refractivity contribution is -0.127. The van der Waals surface area contributed by atoms with Crippen molar-refractivity contribution >= 4 is 12.0 Å². The van der Waals surface area contributed by atoms with E-state index in [1.807, 2.05) is 29.3 Å². The average Bonchev–Trinajstić information content (AvgIpc) is 3.07. The van der Waals surface area contributed by atoms with E-state index in [9.17, 15) is 4.79 Å². The summed E-state index contributed by atoms with van der Waals surface area (Å²) in [7, 11) is 0. The van der Waals surface area contributed by atoms with E-state index in [4.69, 9.17) is 4.74 Å². The van der Waals surface area contributed by atoms with Crippen molar-refractivity contribution in [1.29, 1.82) is 0 Å². The van der Waals surface area contributed by atoms with Crippen LogP contribution in [0.5, 0.6) is 0 Å². The van der Waals surface area contributed by atoms with Crippen LogP contribution >= 0.6 is 0 Å². The smallest absolute Gasteiger partial charge is 0.246 e. The lowest BCUT2D eigenvalue weighted by Crippen LogP contribution is -2.45. The molecule has 2 saturated heterocycles. The number of aromatic amines is 1. The Bertz CT molecular complexity index is 492. The van der Waals surface area contributed by atoms with E-state index in [-0.39, 0.29) is 5.91 Å². The van der Waals surface area contributed by atoms with Crippen LogP contribution in [0.25, 0.3) is 6.08 Å². The summed E-state index contributed by atoms with van der Waals surface area (Å²) in [5, 5.41) is 0. The van der Waals surface area contributed by atoms with Crippen LogP contribution in [0.1, 0.15) is 18.5 Å². The number of nitrogens with one attached hydrogen (secondary N) is 1. The van der Waals surface area contributed by atoms with Crippen LogP contribution in [0.3, 0.4) is 0 Å². The molecule has 2 aliphatic heterocycles. The van der Waals surface area contributed by atoms with Crippen molar-refractivity contribution in [3.63, 3.8) is 0 Å². The molecule has 1 atom stereocenters. The fraction of sp³-hybridized carbons (Fsp3) is 0.588. The molecule has 1 aromatic heterocycles. The molecule has 0 spiro atoms. The first kappa shape index (κ1) is 15.3. The van der Waals surface area contributed by atoms with Gasteiger partial charge in [0.25, 0.3) is 0 Å². The number of H-pyrrole nitrogens is 1. The summed E-state index contributed by atoms with van der Waals surface area (Å²) in [6.07, 6.45) is 7.73. The lowest BCUT2D eigenvalue weighted by Gasteiger charge is -2.36. The van der Waals surface area contributed by atoms with Gasteiger partial charge in [-0.3, -0.25) is 9.69 Å². The minimum Gasteiger partial charge on any atom is -0.379 e. The van der Waals surface area contributed by atoms with Crippen LogP contribution in [0.2, 0.25) is 0 Å². The van der Waals surface area contributed by atoms with Crippen molar-refractivity contribution in [2.24, 2.45) is 5.92 Å². The molecule has 1 unspecified atom stereocenters. The molecular weight excluding hydrogens is 278 g/mol. The number of piperidine rings is 1. The molecular formula is C17H25N3O2. The van der Waals surface area contributed by atoms with Crippen molar-refractivity contribution < 1.29 is 9.53 Å².